The Bertz CT molecular complexity index is 1330. The Morgan fingerprint density at radius 1 is 0.725 bits per heavy atom. The molecule has 0 heterocycles. The van der Waals surface area contributed by atoms with Gasteiger partial charge in [0.15, 0.2) is 0 Å². The van der Waals surface area contributed by atoms with Crippen LogP contribution in [-0.2, 0) is 63.2 Å². The van der Waals surface area contributed by atoms with Crippen LogP contribution < -0.4 is 16.0 Å². The summed E-state index contributed by atoms with van der Waals surface area (Å²) < 4.78 is 90.2. The summed E-state index contributed by atoms with van der Waals surface area (Å²) in [5.74, 6) is -13.5. The fourth-order valence-corrected chi connectivity index (χ4v) is 4.96. The number of carboxylic acid groups (broad SMARTS) is 1. The zero-order valence-corrected chi connectivity index (χ0v) is 23.2. The molecule has 2 radical (unpaired) electrons. The molecule has 226 valence electrons. The molecule has 40 heavy (non-hydrogen) atoms. The van der Waals surface area contributed by atoms with Gasteiger partial charge in [0.1, 0.15) is 47.0 Å². The molecule has 0 rings (SSSR count). The van der Waals surface area contributed by atoms with Crippen LogP contribution in [-0.4, -0.2) is 118 Å². The van der Waals surface area contributed by atoms with E-state index in [-0.39, 0.29) is 6.42 Å². The van der Waals surface area contributed by atoms with Crippen molar-refractivity contribution in [3.63, 3.8) is 0 Å². The number of nitrogens with one attached hydrogen (secondary N) is 3. The van der Waals surface area contributed by atoms with Crippen LogP contribution in [0.25, 0.3) is 0 Å². The minimum atomic E-state index is -5.06. The van der Waals surface area contributed by atoms with Crippen molar-refractivity contribution in [1.82, 2.24) is 16.0 Å². The third kappa shape index (κ3) is 15.6. The molecule has 0 saturated heterocycles. The predicted octanol–water partition coefficient (Wildman–Crippen LogP) is -4.69. The number of Topliss-reactive ketones (excluding diaryl/α,β-unsaturated/α-hetero) is 2. The molecule has 3 amide bonds. The highest BCUT2D eigenvalue weighted by molar-refractivity contribution is 7.87. The number of carboxylic acids is 1. The minimum Gasteiger partial charge on any atom is -0.480 e. The Kier molecular flexibility index (Phi) is 14.0. The molecule has 4 atom stereocenters. The van der Waals surface area contributed by atoms with E-state index in [0.29, 0.717) is 0 Å². The summed E-state index contributed by atoms with van der Waals surface area (Å²) in [4.78, 5) is 72.0. The summed E-state index contributed by atoms with van der Waals surface area (Å²) in [6, 6.07) is -7.01. The highest BCUT2D eigenvalue weighted by atomic mass is 32.2. The zero-order valence-electron chi connectivity index (χ0n) is 20.8. The molecule has 0 spiro atoms. The number of ketones is 2. The van der Waals surface area contributed by atoms with Gasteiger partial charge in [0.2, 0.25) is 17.7 Å². The number of rotatable bonds is 18. The van der Waals surface area contributed by atoms with Gasteiger partial charge in [0.05, 0.1) is 0 Å². The summed E-state index contributed by atoms with van der Waals surface area (Å²) in [7, 11) is -10.3. The molecule has 6 N–H and O–H groups in total. The monoisotopic (exact) mass is 635 g/mol. The van der Waals surface area contributed by atoms with Gasteiger partial charge in [0, 0.05) is 18.8 Å². The molecular weight excluding hydrogens is 609 g/mol. The lowest BCUT2D eigenvalue weighted by atomic mass is 9.95. The SMILES string of the molecule is [B]OS(=O)(=O)C[C@@H](NC(=O)C(CS(=O)(=O)O)NC(=O)CC(CC(C)=O)C(C)=O)C(=O)N[C@H](CS(=O)(=O)O)C(=O)O. The van der Waals surface area contributed by atoms with E-state index in [0.717, 1.165) is 13.8 Å². The molecule has 23 heteroatoms. The second-order valence-electron chi connectivity index (χ2n) is 8.32. The summed E-state index contributed by atoms with van der Waals surface area (Å²) in [5.41, 5.74) is 0. The molecule has 0 aliphatic rings. The van der Waals surface area contributed by atoms with Crippen molar-refractivity contribution in [2.24, 2.45) is 5.92 Å². The predicted molar refractivity (Wildman–Crippen MR) is 131 cm³/mol. The molecule has 19 nitrogen and oxygen atoms in total. The lowest BCUT2D eigenvalue weighted by molar-refractivity contribution is -0.141. The number of aliphatic carboxylic acids is 1. The van der Waals surface area contributed by atoms with Crippen molar-refractivity contribution in [3.05, 3.63) is 0 Å². The Morgan fingerprint density at radius 3 is 1.52 bits per heavy atom. The molecule has 2 unspecified atom stereocenters. The second kappa shape index (κ2) is 15.1. The van der Waals surface area contributed by atoms with E-state index in [1.807, 2.05) is 5.32 Å². The van der Waals surface area contributed by atoms with E-state index in [4.69, 9.17) is 9.66 Å². The molecule has 0 aromatic carbocycles. The van der Waals surface area contributed by atoms with E-state index in [1.54, 1.807) is 5.32 Å². The van der Waals surface area contributed by atoms with Crippen molar-refractivity contribution < 1.29 is 72.3 Å². The van der Waals surface area contributed by atoms with Gasteiger partial charge < -0.3 is 30.0 Å². The maximum atomic E-state index is 12.8. The average molecular weight is 635 g/mol. The van der Waals surface area contributed by atoms with Crippen molar-refractivity contribution in [1.29, 1.82) is 0 Å². The van der Waals surface area contributed by atoms with E-state index in [9.17, 15) is 58.6 Å². The van der Waals surface area contributed by atoms with Crippen LogP contribution >= 0.6 is 0 Å². The van der Waals surface area contributed by atoms with Crippen molar-refractivity contribution >= 4 is 73.7 Å². The number of amides is 3. The topological polar surface area (TPSA) is 311 Å². The van der Waals surface area contributed by atoms with Crippen molar-refractivity contribution in [2.75, 3.05) is 17.3 Å². The van der Waals surface area contributed by atoms with Crippen LogP contribution in [0.1, 0.15) is 26.7 Å². The van der Waals surface area contributed by atoms with Gasteiger partial charge in [-0.05, 0) is 13.8 Å². The second-order valence-corrected chi connectivity index (χ2v) is 13.0. The molecule has 0 aliphatic carbocycles. The van der Waals surface area contributed by atoms with Gasteiger partial charge in [-0.1, -0.05) is 0 Å². The lowest BCUT2D eigenvalue weighted by Crippen LogP contribution is -2.59. The van der Waals surface area contributed by atoms with E-state index in [1.165, 1.54) is 5.32 Å². The fraction of sp³-hybridized carbons (Fsp3) is 0.647. The number of carbonyl (C=O) groups is 6. The molecule has 0 bridgehead atoms. The number of hydrogen-bond donors (Lipinski definition) is 6. The third-order valence-corrected chi connectivity index (χ3v) is 7.26. The van der Waals surface area contributed by atoms with Crippen LogP contribution in [0.5, 0.6) is 0 Å². The Hall–Kier alpha value is -2.99. The first kappa shape index (κ1) is 37.0. The van der Waals surface area contributed by atoms with E-state index < -0.39 is 113 Å². The number of carbonyl (C=O) groups excluding carboxylic acids is 5. The minimum absolute atomic E-state index is 0.384. The Labute approximate surface area is 229 Å². The van der Waals surface area contributed by atoms with Crippen LogP contribution in [0, 0.1) is 5.92 Å². The summed E-state index contributed by atoms with van der Waals surface area (Å²) in [6.07, 6.45) is -1.11. The largest absolute Gasteiger partial charge is 0.480 e. The first-order valence-corrected chi connectivity index (χ1v) is 15.4. The van der Waals surface area contributed by atoms with Gasteiger partial charge in [-0.15, -0.1) is 0 Å². The maximum absolute atomic E-state index is 12.8. The Balaban J connectivity index is 6.14. The highest BCUT2D eigenvalue weighted by Crippen LogP contribution is 2.11. The molecule has 0 aromatic heterocycles. The molecule has 0 saturated carbocycles. The first-order chi connectivity index (χ1) is 18.0. The zero-order chi connectivity index (χ0) is 31.6. The quantitative estimate of drug-likeness (QED) is 0.0609. The summed E-state index contributed by atoms with van der Waals surface area (Å²) >= 11 is 0. The van der Waals surface area contributed by atoms with E-state index in [2.05, 4.69) is 12.1 Å². The van der Waals surface area contributed by atoms with Gasteiger partial charge >= 0.3 is 14.0 Å². The van der Waals surface area contributed by atoms with Gasteiger partial charge in [-0.2, -0.15) is 16.8 Å². The summed E-state index contributed by atoms with van der Waals surface area (Å²) in [6.45, 7) is 2.18. The first-order valence-electron chi connectivity index (χ1n) is 10.6. The number of hydrogen-bond acceptors (Lipinski definition) is 13. The smallest absolute Gasteiger partial charge is 0.327 e. The Morgan fingerprint density at radius 2 is 1.15 bits per heavy atom. The average Bonchev–Trinajstić information content (AvgIpc) is 2.74. The summed E-state index contributed by atoms with van der Waals surface area (Å²) in [5, 5.41) is 14.1. The van der Waals surface area contributed by atoms with Crippen LogP contribution in [0.2, 0.25) is 0 Å². The molecular formula is C17H26BN3O16S3. The van der Waals surface area contributed by atoms with Crippen LogP contribution in [0.15, 0.2) is 0 Å². The highest BCUT2D eigenvalue weighted by Gasteiger charge is 2.35. The molecule has 0 aliphatic heterocycles. The maximum Gasteiger partial charge on any atom is 0.327 e. The van der Waals surface area contributed by atoms with Crippen molar-refractivity contribution in [3.8, 4) is 0 Å². The lowest BCUT2D eigenvalue weighted by Gasteiger charge is -2.24. The van der Waals surface area contributed by atoms with E-state index >= 15 is 0 Å². The van der Waals surface area contributed by atoms with Gasteiger partial charge in [-0.25, -0.2) is 13.2 Å². The van der Waals surface area contributed by atoms with Gasteiger partial charge in [-0.3, -0.25) is 28.3 Å². The normalized spacial score (nSPS) is 15.1. The molecule has 0 fully saturated rings. The fourth-order valence-electron chi connectivity index (χ4n) is 2.93. The van der Waals surface area contributed by atoms with Crippen LogP contribution in [0.4, 0.5) is 0 Å². The van der Waals surface area contributed by atoms with Crippen molar-refractivity contribution in [2.45, 2.75) is 44.8 Å². The third-order valence-electron chi connectivity index (χ3n) is 4.71. The van der Waals surface area contributed by atoms with Gasteiger partial charge in [0.25, 0.3) is 30.4 Å². The standard InChI is InChI=1S/C17H26BN3O16S3/c1-8(22)3-10(9(2)23)4-14(24)19-11(5-38(29,30)31)15(25)20-12(7-40(35,36)37-18)16(26)21-13(17(27)28)6-39(32,33)34/h10-13H,3-7H2,1-2H3,(H,19,24)(H,20,25)(H,21,26)(H,27,28)(H,29,30,31)(H,32,33,34)/t10?,11?,12-,13-/m1/s1. The molecule has 0 aromatic rings. The van der Waals surface area contributed by atoms with Crippen LogP contribution in [0.3, 0.4) is 0 Å².